The molecule has 0 saturated carbocycles. The van der Waals surface area contributed by atoms with E-state index in [4.69, 9.17) is 21.4 Å². The largest absolute Gasteiger partial charge is 0.496 e. The molecule has 0 radical (unpaired) electrons. The number of carbonyl (C=O) groups excluding carboxylic acids is 1. The Kier molecular flexibility index (Phi) is 6.78. The molecule has 0 saturated heterocycles. The van der Waals surface area contributed by atoms with Crippen LogP contribution in [-0.4, -0.2) is 31.4 Å². The van der Waals surface area contributed by atoms with Crippen molar-refractivity contribution < 1.29 is 14.6 Å². The highest BCUT2D eigenvalue weighted by Crippen LogP contribution is 2.23. The normalized spacial score (nSPS) is 11.1. The van der Waals surface area contributed by atoms with E-state index in [0.29, 0.717) is 30.3 Å². The van der Waals surface area contributed by atoms with Crippen LogP contribution in [0.4, 0.5) is 4.79 Å². The summed E-state index contributed by atoms with van der Waals surface area (Å²) in [5, 5.41) is 15.1. The summed E-state index contributed by atoms with van der Waals surface area (Å²) in [6, 6.07) is 5.03. The summed E-state index contributed by atoms with van der Waals surface area (Å²) in [5.74, 6) is 0.642. The molecule has 0 aliphatic rings. The average Bonchev–Trinajstić information content (AvgIpc) is 2.43. The zero-order valence-corrected chi connectivity index (χ0v) is 13.5. The van der Waals surface area contributed by atoms with Gasteiger partial charge in [-0.1, -0.05) is 31.5 Å². The minimum Gasteiger partial charge on any atom is -0.496 e. The minimum absolute atomic E-state index is 0.109. The Hall–Kier alpha value is -1.46. The SMILES string of the molecule is COc1cc(Cl)ccc1CNC(=O)NCC(C)(C)CCO. The predicted octanol–water partition coefficient (Wildman–Crippen LogP) is 2.56. The molecule has 5 nitrogen and oxygen atoms in total. The molecule has 0 fully saturated rings. The standard InChI is InChI=1S/C15H23ClN2O3/c1-15(2,6-7-19)10-18-14(20)17-9-11-4-5-12(16)8-13(11)21-3/h4-5,8,19H,6-7,9-10H2,1-3H3,(H2,17,18,20). The number of amides is 2. The lowest BCUT2D eigenvalue weighted by Gasteiger charge is -2.23. The summed E-state index contributed by atoms with van der Waals surface area (Å²) < 4.78 is 5.22. The first-order chi connectivity index (χ1) is 9.88. The highest BCUT2D eigenvalue weighted by molar-refractivity contribution is 6.30. The Balaban J connectivity index is 2.46. The first kappa shape index (κ1) is 17.6. The van der Waals surface area contributed by atoms with Crippen molar-refractivity contribution in [3.05, 3.63) is 28.8 Å². The quantitative estimate of drug-likeness (QED) is 0.724. The summed E-state index contributed by atoms with van der Waals surface area (Å²) in [5.41, 5.74) is 0.719. The molecule has 0 aliphatic heterocycles. The Morgan fingerprint density at radius 2 is 2.10 bits per heavy atom. The maximum absolute atomic E-state index is 11.8. The number of aliphatic hydroxyl groups is 1. The maximum atomic E-state index is 11.8. The summed E-state index contributed by atoms with van der Waals surface area (Å²) in [6.45, 7) is 4.94. The lowest BCUT2D eigenvalue weighted by atomic mass is 9.90. The van der Waals surface area contributed by atoms with Gasteiger partial charge in [0.2, 0.25) is 0 Å². The third-order valence-electron chi connectivity index (χ3n) is 3.20. The Morgan fingerprint density at radius 1 is 1.38 bits per heavy atom. The van der Waals surface area contributed by atoms with Gasteiger partial charge in [0, 0.05) is 30.3 Å². The fraction of sp³-hybridized carbons (Fsp3) is 0.533. The number of urea groups is 1. The fourth-order valence-corrected chi connectivity index (χ4v) is 1.98. The van der Waals surface area contributed by atoms with Crippen molar-refractivity contribution in [1.82, 2.24) is 10.6 Å². The van der Waals surface area contributed by atoms with Gasteiger partial charge in [-0.3, -0.25) is 0 Å². The maximum Gasteiger partial charge on any atom is 0.315 e. The van der Waals surface area contributed by atoms with Crippen molar-refractivity contribution in [2.75, 3.05) is 20.3 Å². The van der Waals surface area contributed by atoms with Crippen molar-refractivity contribution in [3.8, 4) is 5.75 Å². The van der Waals surface area contributed by atoms with E-state index in [1.54, 1.807) is 19.2 Å². The number of methoxy groups -OCH3 is 1. The highest BCUT2D eigenvalue weighted by Gasteiger charge is 2.18. The molecular formula is C15H23ClN2O3. The third kappa shape index (κ3) is 6.23. The molecule has 0 bridgehead atoms. The highest BCUT2D eigenvalue weighted by atomic mass is 35.5. The monoisotopic (exact) mass is 314 g/mol. The molecule has 0 unspecified atom stereocenters. The molecular weight excluding hydrogens is 292 g/mol. The van der Waals surface area contributed by atoms with Crippen LogP contribution in [0.15, 0.2) is 18.2 Å². The molecule has 0 aliphatic carbocycles. The number of carbonyl (C=O) groups is 1. The summed E-state index contributed by atoms with van der Waals surface area (Å²) in [6.07, 6.45) is 0.637. The fourth-order valence-electron chi connectivity index (χ4n) is 1.81. The number of halogens is 1. The lowest BCUT2D eigenvalue weighted by molar-refractivity contribution is 0.201. The first-order valence-electron chi connectivity index (χ1n) is 6.83. The lowest BCUT2D eigenvalue weighted by Crippen LogP contribution is -2.40. The van der Waals surface area contributed by atoms with Gasteiger partial charge in [-0.25, -0.2) is 4.79 Å². The van der Waals surface area contributed by atoms with Crippen LogP contribution in [0.2, 0.25) is 5.02 Å². The van der Waals surface area contributed by atoms with E-state index in [9.17, 15) is 4.79 Å². The van der Waals surface area contributed by atoms with Crippen LogP contribution in [0.25, 0.3) is 0 Å². The van der Waals surface area contributed by atoms with Crippen LogP contribution in [0.5, 0.6) is 5.75 Å². The summed E-state index contributed by atoms with van der Waals surface area (Å²) in [7, 11) is 1.56. The van der Waals surface area contributed by atoms with Crippen molar-refractivity contribution in [2.45, 2.75) is 26.8 Å². The molecule has 0 atom stereocenters. The molecule has 1 rings (SSSR count). The van der Waals surface area contributed by atoms with Crippen LogP contribution < -0.4 is 15.4 Å². The summed E-state index contributed by atoms with van der Waals surface area (Å²) in [4.78, 5) is 11.8. The molecule has 3 N–H and O–H groups in total. The number of aliphatic hydroxyl groups excluding tert-OH is 1. The van der Waals surface area contributed by atoms with Crippen LogP contribution in [0, 0.1) is 5.41 Å². The summed E-state index contributed by atoms with van der Waals surface area (Å²) >= 11 is 5.89. The van der Waals surface area contributed by atoms with Crippen molar-refractivity contribution in [1.29, 1.82) is 0 Å². The van der Waals surface area contributed by atoms with E-state index >= 15 is 0 Å². The Labute approximate surface area is 130 Å². The molecule has 21 heavy (non-hydrogen) atoms. The van der Waals surface area contributed by atoms with Gasteiger partial charge in [0.25, 0.3) is 0 Å². The predicted molar refractivity (Wildman–Crippen MR) is 83.7 cm³/mol. The molecule has 6 heteroatoms. The second-order valence-corrected chi connectivity index (χ2v) is 6.07. The number of nitrogens with one attached hydrogen (secondary N) is 2. The van der Waals surface area contributed by atoms with E-state index in [2.05, 4.69) is 10.6 Å². The number of rotatable bonds is 7. The number of benzene rings is 1. The van der Waals surface area contributed by atoms with Gasteiger partial charge in [-0.05, 0) is 24.0 Å². The number of hydrogen-bond donors (Lipinski definition) is 3. The molecule has 1 aromatic rings. The minimum atomic E-state index is -0.252. The topological polar surface area (TPSA) is 70.6 Å². The molecule has 1 aromatic carbocycles. The van der Waals surface area contributed by atoms with E-state index in [-0.39, 0.29) is 18.1 Å². The second-order valence-electron chi connectivity index (χ2n) is 5.63. The van der Waals surface area contributed by atoms with E-state index < -0.39 is 0 Å². The van der Waals surface area contributed by atoms with E-state index in [0.717, 1.165) is 5.56 Å². The number of hydrogen-bond acceptors (Lipinski definition) is 3. The van der Waals surface area contributed by atoms with Gasteiger partial charge in [0.15, 0.2) is 0 Å². The van der Waals surface area contributed by atoms with Gasteiger partial charge in [0.1, 0.15) is 5.75 Å². The van der Waals surface area contributed by atoms with Crippen LogP contribution in [0.3, 0.4) is 0 Å². The van der Waals surface area contributed by atoms with Gasteiger partial charge < -0.3 is 20.5 Å². The Bertz CT molecular complexity index is 478. The second kappa shape index (κ2) is 8.10. The molecule has 0 aromatic heterocycles. The molecule has 0 spiro atoms. The van der Waals surface area contributed by atoms with Crippen molar-refractivity contribution in [2.24, 2.45) is 5.41 Å². The van der Waals surface area contributed by atoms with Gasteiger partial charge in [0.05, 0.1) is 7.11 Å². The third-order valence-corrected chi connectivity index (χ3v) is 3.44. The average molecular weight is 315 g/mol. The van der Waals surface area contributed by atoms with Gasteiger partial charge in [-0.2, -0.15) is 0 Å². The van der Waals surface area contributed by atoms with Crippen molar-refractivity contribution in [3.63, 3.8) is 0 Å². The van der Waals surface area contributed by atoms with E-state index in [1.165, 1.54) is 0 Å². The zero-order valence-electron chi connectivity index (χ0n) is 12.7. The first-order valence-corrected chi connectivity index (χ1v) is 7.21. The van der Waals surface area contributed by atoms with Crippen molar-refractivity contribution >= 4 is 17.6 Å². The van der Waals surface area contributed by atoms with Crippen LogP contribution in [-0.2, 0) is 6.54 Å². The number of ether oxygens (including phenoxy) is 1. The van der Waals surface area contributed by atoms with Crippen LogP contribution >= 0.6 is 11.6 Å². The molecule has 118 valence electrons. The molecule has 2 amide bonds. The van der Waals surface area contributed by atoms with Gasteiger partial charge >= 0.3 is 6.03 Å². The van der Waals surface area contributed by atoms with Gasteiger partial charge in [-0.15, -0.1) is 0 Å². The zero-order chi connectivity index (χ0) is 15.9. The molecule has 0 heterocycles. The smallest absolute Gasteiger partial charge is 0.315 e. The van der Waals surface area contributed by atoms with Crippen LogP contribution in [0.1, 0.15) is 25.8 Å². The van der Waals surface area contributed by atoms with E-state index in [1.807, 2.05) is 19.9 Å². The Morgan fingerprint density at radius 3 is 2.71 bits per heavy atom.